The zero-order valence-electron chi connectivity index (χ0n) is 20.8. The quantitative estimate of drug-likeness (QED) is 0.240. The molecule has 0 radical (unpaired) electrons. The fourth-order valence-corrected chi connectivity index (χ4v) is 4.90. The van der Waals surface area contributed by atoms with Crippen molar-refractivity contribution in [3.8, 4) is 11.5 Å². The highest BCUT2D eigenvalue weighted by atomic mass is 32.1. The first-order valence-electron chi connectivity index (χ1n) is 11.7. The molecule has 0 fully saturated rings. The Kier molecular flexibility index (Phi) is 8.86. The molecule has 2 heterocycles. The molecule has 2 aromatic heterocycles. The number of anilines is 1. The summed E-state index contributed by atoms with van der Waals surface area (Å²) < 4.78 is 17.0. The average Bonchev–Trinajstić information content (AvgIpc) is 3.52. The third-order valence-corrected chi connectivity index (χ3v) is 7.33. The topological polar surface area (TPSA) is 99.6 Å². The van der Waals surface area contributed by atoms with Crippen LogP contribution in [0.25, 0.3) is 0 Å². The highest BCUT2D eigenvalue weighted by Crippen LogP contribution is 2.27. The number of ether oxygens (including phenoxy) is 3. The molecule has 4 aromatic rings. The Balaban J connectivity index is 1.50. The van der Waals surface area contributed by atoms with Crippen LogP contribution in [0.1, 0.15) is 48.7 Å². The Bertz CT molecular complexity index is 1380. The molecule has 1 amide bonds. The van der Waals surface area contributed by atoms with Crippen molar-refractivity contribution in [3.05, 3.63) is 86.3 Å². The van der Waals surface area contributed by atoms with Gasteiger partial charge < -0.3 is 14.2 Å². The predicted octanol–water partition coefficient (Wildman–Crippen LogP) is 5.85. The van der Waals surface area contributed by atoms with E-state index in [-0.39, 0.29) is 6.61 Å². The van der Waals surface area contributed by atoms with Crippen LogP contribution in [-0.2, 0) is 17.8 Å². The van der Waals surface area contributed by atoms with Gasteiger partial charge in [-0.25, -0.2) is 14.8 Å². The summed E-state index contributed by atoms with van der Waals surface area (Å²) in [5, 5.41) is 3.04. The molecule has 0 unspecified atom stereocenters. The van der Waals surface area contributed by atoms with Gasteiger partial charge in [-0.2, -0.15) is 0 Å². The molecule has 0 bridgehead atoms. The molecule has 0 spiro atoms. The summed E-state index contributed by atoms with van der Waals surface area (Å²) in [4.78, 5) is 34.9. The van der Waals surface area contributed by atoms with Crippen LogP contribution in [0, 0.1) is 13.8 Å². The Labute approximate surface area is 223 Å². The van der Waals surface area contributed by atoms with E-state index in [1.165, 1.54) is 6.20 Å². The van der Waals surface area contributed by atoms with Crippen LogP contribution in [0.3, 0.4) is 0 Å². The number of hydrogen-bond donors (Lipinski definition) is 1. The van der Waals surface area contributed by atoms with E-state index < -0.39 is 11.9 Å². The van der Waals surface area contributed by atoms with E-state index in [0.29, 0.717) is 46.7 Å². The van der Waals surface area contributed by atoms with E-state index in [0.717, 1.165) is 33.0 Å². The van der Waals surface area contributed by atoms with Crippen molar-refractivity contribution in [3.63, 3.8) is 0 Å². The number of benzene rings is 2. The fourth-order valence-electron chi connectivity index (χ4n) is 3.43. The lowest BCUT2D eigenvalue weighted by molar-refractivity contribution is 0.0531. The molecule has 192 valence electrons. The third kappa shape index (κ3) is 7.14. The van der Waals surface area contributed by atoms with Gasteiger partial charge in [0.25, 0.3) is 5.91 Å². The Hall–Kier alpha value is -3.76. The number of aryl methyl sites for hydroxylation is 2. The van der Waals surface area contributed by atoms with E-state index in [1.54, 1.807) is 36.5 Å². The molecule has 0 atom stereocenters. The first kappa shape index (κ1) is 26.3. The van der Waals surface area contributed by atoms with E-state index in [2.05, 4.69) is 15.3 Å². The van der Waals surface area contributed by atoms with Gasteiger partial charge in [0.05, 0.1) is 30.6 Å². The maximum absolute atomic E-state index is 13.1. The standard InChI is InChI=1S/C27H27N3O5S2/c1-4-33-26(32)24-14-28-27(37-24)30-25(31)20-11-21(34-10-9-23-18(3)29-16-36-23)13-22(12-20)35-15-19-8-6-5-7-17(19)2/h5-8,11-14,16H,4,9-10,15H2,1-3H3,(H,28,30,31). The minimum absolute atomic E-state index is 0.263. The smallest absolute Gasteiger partial charge is 0.350 e. The summed E-state index contributed by atoms with van der Waals surface area (Å²) >= 11 is 2.64. The number of nitrogens with zero attached hydrogens (tertiary/aromatic N) is 2. The lowest BCUT2D eigenvalue weighted by Gasteiger charge is -2.13. The van der Waals surface area contributed by atoms with Gasteiger partial charge in [-0.05, 0) is 44.0 Å². The second-order valence-corrected chi connectivity index (χ2v) is 10.0. The van der Waals surface area contributed by atoms with Gasteiger partial charge in [0.1, 0.15) is 23.0 Å². The summed E-state index contributed by atoms with van der Waals surface area (Å²) in [6.45, 7) is 6.78. The molecule has 37 heavy (non-hydrogen) atoms. The number of aromatic nitrogens is 2. The average molecular weight is 538 g/mol. The molecule has 8 nitrogen and oxygen atoms in total. The largest absolute Gasteiger partial charge is 0.493 e. The van der Waals surface area contributed by atoms with Crippen LogP contribution in [0.4, 0.5) is 5.13 Å². The first-order chi connectivity index (χ1) is 17.9. The molecule has 0 saturated carbocycles. The Morgan fingerprint density at radius 3 is 2.54 bits per heavy atom. The minimum Gasteiger partial charge on any atom is -0.493 e. The van der Waals surface area contributed by atoms with Crippen molar-refractivity contribution in [2.45, 2.75) is 33.8 Å². The summed E-state index contributed by atoms with van der Waals surface area (Å²) in [6, 6.07) is 13.1. The highest BCUT2D eigenvalue weighted by Gasteiger charge is 2.16. The summed E-state index contributed by atoms with van der Waals surface area (Å²) in [6.07, 6.45) is 2.10. The number of carbonyl (C=O) groups excluding carboxylic acids is 2. The molecular formula is C27H27N3O5S2. The molecule has 0 saturated heterocycles. The number of esters is 1. The Morgan fingerprint density at radius 2 is 1.81 bits per heavy atom. The van der Waals surface area contributed by atoms with E-state index in [9.17, 15) is 9.59 Å². The van der Waals surface area contributed by atoms with Gasteiger partial charge in [-0.15, -0.1) is 11.3 Å². The zero-order valence-corrected chi connectivity index (χ0v) is 22.4. The van der Waals surface area contributed by atoms with Crippen LogP contribution < -0.4 is 14.8 Å². The van der Waals surface area contributed by atoms with Crippen LogP contribution in [0.5, 0.6) is 11.5 Å². The normalized spacial score (nSPS) is 10.7. The van der Waals surface area contributed by atoms with Crippen LogP contribution >= 0.6 is 22.7 Å². The van der Waals surface area contributed by atoms with Gasteiger partial charge in [0, 0.05) is 22.9 Å². The molecule has 0 aliphatic heterocycles. The molecule has 1 N–H and O–H groups in total. The summed E-state index contributed by atoms with van der Waals surface area (Å²) in [5.74, 6) is 0.153. The van der Waals surface area contributed by atoms with Crippen LogP contribution in [-0.4, -0.2) is 35.1 Å². The van der Waals surface area contributed by atoms with Crippen molar-refractivity contribution < 1.29 is 23.8 Å². The number of nitrogens with one attached hydrogen (secondary N) is 1. The van der Waals surface area contributed by atoms with Crippen molar-refractivity contribution in [2.75, 3.05) is 18.5 Å². The summed E-state index contributed by atoms with van der Waals surface area (Å²) in [5.41, 5.74) is 5.33. The van der Waals surface area contributed by atoms with Gasteiger partial charge in [0.2, 0.25) is 0 Å². The second kappa shape index (κ2) is 12.5. The fraction of sp³-hybridized carbons (Fsp3) is 0.259. The lowest BCUT2D eigenvalue weighted by Crippen LogP contribution is -2.12. The number of thiazole rings is 2. The van der Waals surface area contributed by atoms with Crippen LogP contribution in [0.2, 0.25) is 0 Å². The molecule has 4 rings (SSSR count). The summed E-state index contributed by atoms with van der Waals surface area (Å²) in [7, 11) is 0. The lowest BCUT2D eigenvalue weighted by atomic mass is 10.1. The van der Waals surface area contributed by atoms with Crippen molar-refractivity contribution in [1.29, 1.82) is 0 Å². The molecule has 0 aliphatic carbocycles. The van der Waals surface area contributed by atoms with Crippen molar-refractivity contribution in [1.82, 2.24) is 9.97 Å². The monoisotopic (exact) mass is 537 g/mol. The number of carbonyl (C=O) groups is 2. The van der Waals surface area contributed by atoms with E-state index in [4.69, 9.17) is 14.2 Å². The van der Waals surface area contributed by atoms with Gasteiger partial charge in [-0.3, -0.25) is 10.1 Å². The SMILES string of the molecule is CCOC(=O)c1cnc(NC(=O)c2cc(OCCc3scnc3C)cc(OCc3ccccc3C)c2)s1. The first-order valence-corrected chi connectivity index (χ1v) is 13.4. The van der Waals surface area contributed by atoms with Gasteiger partial charge >= 0.3 is 5.97 Å². The number of hydrogen-bond acceptors (Lipinski definition) is 9. The van der Waals surface area contributed by atoms with Gasteiger partial charge in [-0.1, -0.05) is 35.6 Å². The van der Waals surface area contributed by atoms with Gasteiger partial charge in [0.15, 0.2) is 5.13 Å². The van der Waals surface area contributed by atoms with E-state index >= 15 is 0 Å². The number of amides is 1. The maximum Gasteiger partial charge on any atom is 0.350 e. The Morgan fingerprint density at radius 1 is 1.03 bits per heavy atom. The second-order valence-electron chi connectivity index (χ2n) is 8.07. The molecule has 0 aliphatic rings. The highest BCUT2D eigenvalue weighted by molar-refractivity contribution is 7.17. The third-order valence-electron chi connectivity index (χ3n) is 5.44. The van der Waals surface area contributed by atoms with Crippen molar-refractivity contribution in [2.24, 2.45) is 0 Å². The number of rotatable bonds is 11. The van der Waals surface area contributed by atoms with Crippen LogP contribution in [0.15, 0.2) is 54.2 Å². The van der Waals surface area contributed by atoms with E-state index in [1.807, 2.05) is 43.6 Å². The minimum atomic E-state index is -0.473. The van der Waals surface area contributed by atoms with Crippen molar-refractivity contribution >= 4 is 39.7 Å². The molecule has 10 heteroatoms. The molecular weight excluding hydrogens is 510 g/mol. The molecule has 2 aromatic carbocycles. The predicted molar refractivity (Wildman–Crippen MR) is 144 cm³/mol. The zero-order chi connectivity index (χ0) is 26.2. The maximum atomic E-state index is 13.1.